The van der Waals surface area contributed by atoms with Gasteiger partial charge in [0.15, 0.2) is 15.9 Å². The molecule has 1 aromatic heterocycles. The molecule has 1 amide bonds. The zero-order valence-electron chi connectivity index (χ0n) is 20.8. The van der Waals surface area contributed by atoms with Gasteiger partial charge in [0.1, 0.15) is 30.2 Å². The molecule has 0 aliphatic carbocycles. The van der Waals surface area contributed by atoms with Crippen LogP contribution in [0.2, 0.25) is 0 Å². The molecule has 0 bridgehead atoms. The molecule has 16 heteroatoms. The van der Waals surface area contributed by atoms with Crippen molar-refractivity contribution < 1.29 is 44.8 Å². The van der Waals surface area contributed by atoms with Gasteiger partial charge in [0.2, 0.25) is 0 Å². The van der Waals surface area contributed by atoms with E-state index in [9.17, 15) is 26.4 Å². The fourth-order valence-corrected chi connectivity index (χ4v) is 5.67. The van der Waals surface area contributed by atoms with Gasteiger partial charge >= 0.3 is 12.1 Å². The van der Waals surface area contributed by atoms with Gasteiger partial charge in [0, 0.05) is 30.4 Å². The largest absolute Gasteiger partial charge is 0.461 e. The summed E-state index contributed by atoms with van der Waals surface area (Å²) in [5.74, 6) is -1.53. The van der Waals surface area contributed by atoms with Crippen molar-refractivity contribution in [3.63, 3.8) is 0 Å². The predicted octanol–water partition coefficient (Wildman–Crippen LogP) is 0.814. The van der Waals surface area contributed by atoms with E-state index >= 15 is 4.39 Å². The standard InChI is InChI=1S/C23H27FN4O9S2/c1-15(26-14-39(33,34)35)22(29)36-13-18-12-28(23(30)37-18)17-3-4-19(20(24)10-17)16-2-5-21(25-11-16)27-6-8-38(31,32)9-7-27/h2-5,10-11,15,18,26H,6-9,12-14H2,1H3,(H,33,34,35)/t15-,18-/m1/s1. The third-order valence-electron chi connectivity index (χ3n) is 6.20. The van der Waals surface area contributed by atoms with Crippen LogP contribution >= 0.6 is 0 Å². The smallest absolute Gasteiger partial charge is 0.414 e. The van der Waals surface area contributed by atoms with Gasteiger partial charge in [-0.05, 0) is 37.3 Å². The average Bonchev–Trinajstić information content (AvgIpc) is 3.26. The van der Waals surface area contributed by atoms with E-state index in [1.165, 1.54) is 30.2 Å². The van der Waals surface area contributed by atoms with Gasteiger partial charge in [-0.3, -0.25) is 19.6 Å². The maximum absolute atomic E-state index is 15.0. The quantitative estimate of drug-likeness (QED) is 0.313. The van der Waals surface area contributed by atoms with Crippen LogP contribution in [0.15, 0.2) is 36.5 Å². The number of pyridine rings is 1. The first kappa shape index (κ1) is 28.7. The minimum atomic E-state index is -4.31. The zero-order valence-corrected chi connectivity index (χ0v) is 22.5. The molecule has 0 spiro atoms. The van der Waals surface area contributed by atoms with E-state index in [-0.39, 0.29) is 35.9 Å². The summed E-state index contributed by atoms with van der Waals surface area (Å²) in [5, 5.41) is 2.29. The number of ether oxygens (including phenoxy) is 2. The second kappa shape index (κ2) is 11.4. The lowest BCUT2D eigenvalue weighted by molar-refractivity contribution is -0.147. The highest BCUT2D eigenvalue weighted by Gasteiger charge is 2.34. The maximum Gasteiger partial charge on any atom is 0.414 e. The Balaban J connectivity index is 1.34. The first-order valence-corrected chi connectivity index (χ1v) is 15.3. The molecule has 0 unspecified atom stereocenters. The molecule has 2 aliphatic heterocycles. The fraction of sp³-hybridized carbons (Fsp3) is 0.435. The van der Waals surface area contributed by atoms with Gasteiger partial charge in [0.05, 0.1) is 23.7 Å². The second-order valence-corrected chi connectivity index (χ2v) is 12.9. The van der Waals surface area contributed by atoms with Crippen LogP contribution in [0.5, 0.6) is 0 Å². The number of amides is 1. The molecule has 2 N–H and O–H groups in total. The summed E-state index contributed by atoms with van der Waals surface area (Å²) in [7, 11) is -7.34. The van der Waals surface area contributed by atoms with Crippen LogP contribution in [0.3, 0.4) is 0 Å². The number of halogens is 1. The van der Waals surface area contributed by atoms with E-state index < -0.39 is 55.9 Å². The van der Waals surface area contributed by atoms with Crippen molar-refractivity contribution in [1.82, 2.24) is 10.3 Å². The Labute approximate surface area is 224 Å². The summed E-state index contributed by atoms with van der Waals surface area (Å²) in [5.41, 5.74) is 0.985. The molecule has 1 aromatic carbocycles. The van der Waals surface area contributed by atoms with Crippen LogP contribution in [-0.2, 0) is 34.2 Å². The SMILES string of the molecule is C[C@@H](NCS(=O)(=O)O)C(=O)OC[C@H]1CN(c2ccc(-c3ccc(N4CCS(=O)(=O)CC4)nc3)c(F)c2)C(=O)O1. The normalized spacial score (nSPS) is 20.0. The molecule has 2 fully saturated rings. The lowest BCUT2D eigenvalue weighted by Gasteiger charge is -2.27. The number of esters is 1. The number of anilines is 2. The number of nitrogens with zero attached hydrogens (tertiary/aromatic N) is 3. The summed E-state index contributed by atoms with van der Waals surface area (Å²) in [6.45, 7) is 1.70. The molecule has 3 heterocycles. The minimum Gasteiger partial charge on any atom is -0.461 e. The summed E-state index contributed by atoms with van der Waals surface area (Å²) in [4.78, 5) is 31.8. The second-order valence-electron chi connectivity index (χ2n) is 9.11. The molecule has 4 rings (SSSR count). The highest BCUT2D eigenvalue weighted by Crippen LogP contribution is 2.30. The number of sulfone groups is 1. The molecule has 0 radical (unpaired) electrons. The number of carbonyl (C=O) groups is 2. The molecule has 2 saturated heterocycles. The summed E-state index contributed by atoms with van der Waals surface area (Å²) >= 11 is 0. The van der Waals surface area contributed by atoms with Crippen LogP contribution in [0.4, 0.5) is 20.7 Å². The van der Waals surface area contributed by atoms with Crippen molar-refractivity contribution in [3.8, 4) is 11.1 Å². The number of hydrogen-bond acceptors (Lipinski definition) is 11. The Morgan fingerprint density at radius 3 is 2.62 bits per heavy atom. The Morgan fingerprint density at radius 2 is 2.00 bits per heavy atom. The highest BCUT2D eigenvalue weighted by atomic mass is 32.2. The Bertz CT molecular complexity index is 1440. The maximum atomic E-state index is 15.0. The Kier molecular flexibility index (Phi) is 8.39. The molecule has 39 heavy (non-hydrogen) atoms. The van der Waals surface area contributed by atoms with Crippen LogP contribution in [0, 0.1) is 5.82 Å². The summed E-state index contributed by atoms with van der Waals surface area (Å²) in [6.07, 6.45) is -0.0913. The van der Waals surface area contributed by atoms with Gasteiger partial charge < -0.3 is 14.4 Å². The van der Waals surface area contributed by atoms with E-state index in [2.05, 4.69) is 10.3 Å². The topological polar surface area (TPSA) is 173 Å². The van der Waals surface area contributed by atoms with Crippen molar-refractivity contribution in [2.75, 3.05) is 53.4 Å². The lowest BCUT2D eigenvalue weighted by atomic mass is 10.1. The van der Waals surface area contributed by atoms with Crippen molar-refractivity contribution in [1.29, 1.82) is 0 Å². The van der Waals surface area contributed by atoms with Gasteiger partial charge in [-0.1, -0.05) is 0 Å². The molecular formula is C23H27FN4O9S2. The average molecular weight is 587 g/mol. The van der Waals surface area contributed by atoms with Crippen LogP contribution < -0.4 is 15.1 Å². The number of aromatic nitrogens is 1. The number of rotatable bonds is 9. The number of hydrogen-bond donors (Lipinski definition) is 2. The van der Waals surface area contributed by atoms with Crippen molar-refractivity contribution >= 4 is 43.5 Å². The van der Waals surface area contributed by atoms with Gasteiger partial charge in [-0.15, -0.1) is 0 Å². The lowest BCUT2D eigenvalue weighted by Crippen LogP contribution is -2.40. The number of cyclic esters (lactones) is 1. The van der Waals surface area contributed by atoms with Crippen molar-refractivity contribution in [2.24, 2.45) is 0 Å². The monoisotopic (exact) mass is 586 g/mol. The molecule has 13 nitrogen and oxygen atoms in total. The fourth-order valence-electron chi connectivity index (χ4n) is 4.01. The third-order valence-corrected chi connectivity index (χ3v) is 8.34. The van der Waals surface area contributed by atoms with Crippen molar-refractivity contribution in [2.45, 2.75) is 19.1 Å². The minimum absolute atomic E-state index is 0.0143. The van der Waals surface area contributed by atoms with Crippen LogP contribution in [-0.4, -0.2) is 94.2 Å². The first-order chi connectivity index (χ1) is 18.3. The molecular weight excluding hydrogens is 559 g/mol. The zero-order chi connectivity index (χ0) is 28.4. The molecule has 0 saturated carbocycles. The molecule has 2 aliphatic rings. The molecule has 2 atom stereocenters. The molecule has 212 valence electrons. The summed E-state index contributed by atoms with van der Waals surface area (Å²) in [6, 6.07) is 6.56. The van der Waals surface area contributed by atoms with Crippen molar-refractivity contribution in [3.05, 3.63) is 42.3 Å². The Morgan fingerprint density at radius 1 is 1.28 bits per heavy atom. The van der Waals surface area contributed by atoms with E-state index in [1.807, 2.05) is 4.90 Å². The highest BCUT2D eigenvalue weighted by molar-refractivity contribution is 7.91. The number of nitrogens with one attached hydrogen (secondary N) is 1. The van der Waals surface area contributed by atoms with E-state index in [1.54, 1.807) is 18.2 Å². The van der Waals surface area contributed by atoms with E-state index in [4.69, 9.17) is 14.0 Å². The number of benzene rings is 1. The first-order valence-electron chi connectivity index (χ1n) is 11.9. The van der Waals surface area contributed by atoms with Gasteiger partial charge in [-0.2, -0.15) is 8.42 Å². The summed E-state index contributed by atoms with van der Waals surface area (Å²) < 4.78 is 78.8. The van der Waals surface area contributed by atoms with Gasteiger partial charge in [-0.25, -0.2) is 22.6 Å². The molecule has 2 aromatic rings. The Hall–Kier alpha value is -3.34. The third kappa shape index (κ3) is 7.40. The van der Waals surface area contributed by atoms with Crippen LogP contribution in [0.1, 0.15) is 6.92 Å². The van der Waals surface area contributed by atoms with E-state index in [0.29, 0.717) is 24.5 Å². The van der Waals surface area contributed by atoms with Crippen LogP contribution in [0.25, 0.3) is 11.1 Å². The van der Waals surface area contributed by atoms with E-state index in [0.717, 1.165) is 0 Å². The number of carbonyl (C=O) groups excluding carboxylic acids is 2. The van der Waals surface area contributed by atoms with Gasteiger partial charge in [0.25, 0.3) is 10.1 Å². The predicted molar refractivity (Wildman–Crippen MR) is 138 cm³/mol.